The smallest absolute Gasteiger partial charge is 0.343 e. The third-order valence-electron chi connectivity index (χ3n) is 9.34. The molecule has 0 radical (unpaired) electrons. The Morgan fingerprint density at radius 2 is 0.981 bits per heavy atom. The Morgan fingerprint density at radius 3 is 1.52 bits per heavy atom. The first-order valence-electron chi connectivity index (χ1n) is 20.2. The molecule has 4 aromatic rings. The van der Waals surface area contributed by atoms with Crippen LogP contribution in [0.1, 0.15) is 137 Å². The number of rotatable bonds is 27. The molecule has 0 heterocycles. The van der Waals surface area contributed by atoms with Crippen molar-refractivity contribution in [3.63, 3.8) is 0 Å². The molecule has 7 heteroatoms. The van der Waals surface area contributed by atoms with E-state index < -0.39 is 11.9 Å². The summed E-state index contributed by atoms with van der Waals surface area (Å²) in [6.07, 6.45) is 19.9. The van der Waals surface area contributed by atoms with Crippen molar-refractivity contribution >= 4 is 22.7 Å². The zero-order chi connectivity index (χ0) is 38.2. The van der Waals surface area contributed by atoms with Gasteiger partial charge in [-0.3, -0.25) is 0 Å². The molecule has 0 unspecified atom stereocenters. The van der Waals surface area contributed by atoms with E-state index in [1.807, 2.05) is 30.3 Å². The molecule has 0 aliphatic carbocycles. The molecule has 4 aromatic carbocycles. The third-order valence-corrected chi connectivity index (χ3v) is 9.34. The average Bonchev–Trinajstić information content (AvgIpc) is 3.20. The van der Waals surface area contributed by atoms with Gasteiger partial charge in [-0.25, -0.2) is 9.59 Å². The number of carbonyl (C=O) groups excluding carboxylic acids is 2. The highest BCUT2D eigenvalue weighted by molar-refractivity contribution is 6.01. The van der Waals surface area contributed by atoms with E-state index in [1.54, 1.807) is 54.6 Å². The molecule has 0 N–H and O–H groups in total. The normalized spacial score (nSPS) is 10.9. The van der Waals surface area contributed by atoms with Crippen LogP contribution in [0.4, 0.5) is 0 Å². The van der Waals surface area contributed by atoms with Crippen molar-refractivity contribution in [1.29, 1.82) is 0 Å². The van der Waals surface area contributed by atoms with Crippen molar-refractivity contribution < 1.29 is 33.3 Å². The Labute approximate surface area is 323 Å². The van der Waals surface area contributed by atoms with Gasteiger partial charge >= 0.3 is 11.9 Å². The Balaban J connectivity index is 1.49. The van der Waals surface area contributed by atoms with Crippen LogP contribution in [0.3, 0.4) is 0 Å². The second kappa shape index (κ2) is 24.5. The van der Waals surface area contributed by atoms with E-state index in [4.69, 9.17) is 23.7 Å². The highest BCUT2D eigenvalue weighted by atomic mass is 16.6. The van der Waals surface area contributed by atoms with Gasteiger partial charge in [0, 0.05) is 16.8 Å². The van der Waals surface area contributed by atoms with Gasteiger partial charge in [0.1, 0.15) is 17.2 Å². The van der Waals surface area contributed by atoms with Gasteiger partial charge < -0.3 is 23.7 Å². The van der Waals surface area contributed by atoms with Gasteiger partial charge in [0.15, 0.2) is 11.5 Å². The van der Waals surface area contributed by atoms with E-state index in [9.17, 15) is 9.59 Å². The van der Waals surface area contributed by atoms with Crippen LogP contribution in [0.25, 0.3) is 10.8 Å². The number of allylic oxidation sites excluding steroid dienone is 1. The SMILES string of the molecule is C=CCCCCCCCCCOc1cc(OC(=O)c2ccc(OCCCCCC)cc2)c2ccccc2c1OC(=O)c1ccc(OCCCCCC)cc1. The lowest BCUT2D eigenvalue weighted by Crippen LogP contribution is -2.12. The number of hydrogen-bond acceptors (Lipinski definition) is 7. The maximum atomic E-state index is 13.6. The summed E-state index contributed by atoms with van der Waals surface area (Å²) in [7, 11) is 0. The van der Waals surface area contributed by atoms with Gasteiger partial charge in [-0.1, -0.05) is 115 Å². The molecule has 0 fully saturated rings. The molecule has 0 saturated heterocycles. The van der Waals surface area contributed by atoms with E-state index >= 15 is 0 Å². The van der Waals surface area contributed by atoms with Gasteiger partial charge in [-0.15, -0.1) is 6.58 Å². The average molecular weight is 737 g/mol. The number of unbranched alkanes of at least 4 members (excludes halogenated alkanes) is 13. The molecular weight excluding hydrogens is 677 g/mol. The van der Waals surface area contributed by atoms with Crippen LogP contribution >= 0.6 is 0 Å². The van der Waals surface area contributed by atoms with E-state index in [-0.39, 0.29) is 5.75 Å². The predicted octanol–water partition coefficient (Wildman–Crippen LogP) is 12.9. The summed E-state index contributed by atoms with van der Waals surface area (Å²) in [5.74, 6) is 1.35. The molecule has 0 aliphatic heterocycles. The van der Waals surface area contributed by atoms with Crippen molar-refractivity contribution in [3.8, 4) is 28.7 Å². The summed E-state index contributed by atoms with van der Waals surface area (Å²) in [5, 5.41) is 1.22. The van der Waals surface area contributed by atoms with Crippen LogP contribution < -0.4 is 23.7 Å². The summed E-state index contributed by atoms with van der Waals surface area (Å²) in [5.41, 5.74) is 0.786. The molecule has 0 bridgehead atoms. The number of benzene rings is 4. The van der Waals surface area contributed by atoms with Crippen molar-refractivity contribution in [2.24, 2.45) is 0 Å². The minimum absolute atomic E-state index is 0.286. The molecule has 290 valence electrons. The maximum absolute atomic E-state index is 13.6. The monoisotopic (exact) mass is 736 g/mol. The first-order valence-corrected chi connectivity index (χ1v) is 20.2. The van der Waals surface area contributed by atoms with Crippen molar-refractivity contribution in [2.45, 2.75) is 117 Å². The summed E-state index contributed by atoms with van der Waals surface area (Å²) in [6.45, 7) is 9.88. The van der Waals surface area contributed by atoms with Crippen LogP contribution in [-0.2, 0) is 0 Å². The van der Waals surface area contributed by atoms with Crippen LogP contribution in [0, 0.1) is 0 Å². The first-order chi connectivity index (χ1) is 26.5. The zero-order valence-corrected chi connectivity index (χ0v) is 32.6. The molecule has 7 nitrogen and oxygen atoms in total. The number of ether oxygens (including phenoxy) is 5. The topological polar surface area (TPSA) is 80.3 Å². The van der Waals surface area contributed by atoms with Gasteiger partial charge in [0.2, 0.25) is 0 Å². The summed E-state index contributed by atoms with van der Waals surface area (Å²) >= 11 is 0. The third kappa shape index (κ3) is 14.2. The minimum atomic E-state index is -0.520. The van der Waals surface area contributed by atoms with Gasteiger partial charge in [-0.05, 0) is 80.6 Å². The Morgan fingerprint density at radius 1 is 0.519 bits per heavy atom. The van der Waals surface area contributed by atoms with Crippen LogP contribution in [0.5, 0.6) is 28.7 Å². The lowest BCUT2D eigenvalue weighted by molar-refractivity contribution is 0.0717. The van der Waals surface area contributed by atoms with Crippen LogP contribution in [-0.4, -0.2) is 31.8 Å². The van der Waals surface area contributed by atoms with E-state index in [2.05, 4.69) is 20.4 Å². The Bertz CT molecular complexity index is 1690. The molecular formula is C47H60O7. The fourth-order valence-corrected chi connectivity index (χ4v) is 6.17. The van der Waals surface area contributed by atoms with Gasteiger partial charge in [0.25, 0.3) is 0 Å². The Hall–Kier alpha value is -4.78. The van der Waals surface area contributed by atoms with Crippen molar-refractivity contribution in [1.82, 2.24) is 0 Å². The first kappa shape index (κ1) is 42.0. The summed E-state index contributed by atoms with van der Waals surface area (Å²) in [6, 6.07) is 23.1. The Kier molecular flexibility index (Phi) is 19.1. The predicted molar refractivity (Wildman–Crippen MR) is 219 cm³/mol. The molecule has 0 atom stereocenters. The second-order valence-electron chi connectivity index (χ2n) is 13.8. The number of carbonyl (C=O) groups is 2. The summed E-state index contributed by atoms with van der Waals surface area (Å²) in [4.78, 5) is 27.0. The maximum Gasteiger partial charge on any atom is 0.343 e. The number of fused-ring (bicyclic) bond motifs is 1. The second-order valence-corrected chi connectivity index (χ2v) is 13.8. The quantitative estimate of drug-likeness (QED) is 0.0261. The zero-order valence-electron chi connectivity index (χ0n) is 32.6. The van der Waals surface area contributed by atoms with Crippen molar-refractivity contribution in [2.75, 3.05) is 19.8 Å². The lowest BCUT2D eigenvalue weighted by atomic mass is 10.1. The fourth-order valence-electron chi connectivity index (χ4n) is 6.17. The highest BCUT2D eigenvalue weighted by Gasteiger charge is 2.21. The highest BCUT2D eigenvalue weighted by Crippen LogP contribution is 2.42. The molecule has 0 saturated carbocycles. The standard InChI is InChI=1S/C47H60O7/c1-4-7-10-13-14-15-16-17-22-35-52-44-36-43(53-46(48)37-25-29-39(30-26-37)50-33-20-11-8-5-2)41-23-18-19-24-42(41)45(44)54-47(49)38-27-31-40(32-28-38)51-34-21-12-9-6-3/h4,18-19,23-32,36H,1,5-17,20-22,33-35H2,2-3H3. The number of hydrogen-bond donors (Lipinski definition) is 0. The number of esters is 2. The fraction of sp³-hybridized carbons (Fsp3) is 0.447. The summed E-state index contributed by atoms with van der Waals surface area (Å²) < 4.78 is 30.2. The minimum Gasteiger partial charge on any atom is -0.494 e. The molecule has 54 heavy (non-hydrogen) atoms. The van der Waals surface area contributed by atoms with E-state index in [1.165, 1.54) is 51.4 Å². The lowest BCUT2D eigenvalue weighted by Gasteiger charge is -2.17. The van der Waals surface area contributed by atoms with Gasteiger partial charge in [-0.2, -0.15) is 0 Å². The van der Waals surface area contributed by atoms with Gasteiger partial charge in [0.05, 0.1) is 30.9 Å². The molecule has 0 amide bonds. The van der Waals surface area contributed by atoms with Crippen molar-refractivity contribution in [3.05, 3.63) is 103 Å². The van der Waals surface area contributed by atoms with Crippen LogP contribution in [0.15, 0.2) is 91.5 Å². The van der Waals surface area contributed by atoms with E-state index in [0.29, 0.717) is 64.7 Å². The molecule has 4 rings (SSSR count). The largest absolute Gasteiger partial charge is 0.494 e. The van der Waals surface area contributed by atoms with E-state index in [0.717, 1.165) is 51.4 Å². The molecule has 0 spiro atoms. The van der Waals surface area contributed by atoms with Crippen LogP contribution in [0.2, 0.25) is 0 Å². The molecule has 0 aromatic heterocycles. The molecule has 0 aliphatic rings.